The minimum absolute atomic E-state index is 0.530. The van der Waals surface area contributed by atoms with Crippen molar-refractivity contribution in [3.63, 3.8) is 0 Å². The van der Waals surface area contributed by atoms with Crippen LogP contribution in [0.1, 0.15) is 38.5 Å². The molecule has 17 heavy (non-hydrogen) atoms. The molecule has 3 fully saturated rings. The third-order valence-corrected chi connectivity index (χ3v) is 6.94. The highest BCUT2D eigenvalue weighted by Gasteiger charge is 2.48. The summed E-state index contributed by atoms with van der Waals surface area (Å²) in [6.45, 7) is 0. The average Bonchev–Trinajstić information content (AvgIpc) is 2.74. The topological polar surface area (TPSA) is 18.5 Å². The monoisotopic (exact) mass is 256 g/mol. The summed E-state index contributed by atoms with van der Waals surface area (Å²) in [5, 5.41) is 1.75. The van der Waals surface area contributed by atoms with Gasteiger partial charge in [0.05, 0.1) is 12.2 Å². The van der Waals surface area contributed by atoms with Crippen LogP contribution in [0.2, 0.25) is 0 Å². The number of hydrogen-bond acceptors (Lipinski definition) is 3. The fourth-order valence-corrected chi connectivity index (χ4v) is 6.36. The maximum Gasteiger partial charge on any atom is 0.0582 e. The smallest absolute Gasteiger partial charge is 0.0582 e. The zero-order valence-corrected chi connectivity index (χ0v) is 11.7. The summed E-state index contributed by atoms with van der Waals surface area (Å²) in [6, 6.07) is 0. The first kappa shape index (κ1) is 12.3. The van der Waals surface area contributed by atoms with Crippen molar-refractivity contribution in [3.8, 4) is 0 Å². The van der Waals surface area contributed by atoms with Crippen LogP contribution in [0.3, 0.4) is 0 Å². The Kier molecular flexibility index (Phi) is 3.69. The summed E-state index contributed by atoms with van der Waals surface area (Å²) >= 11 is 2.26. The van der Waals surface area contributed by atoms with E-state index in [9.17, 15) is 0 Å². The van der Waals surface area contributed by atoms with Crippen molar-refractivity contribution >= 4 is 11.8 Å². The second-order valence-corrected chi connectivity index (χ2v) is 7.37. The highest BCUT2D eigenvalue weighted by Crippen LogP contribution is 2.55. The molecule has 98 valence electrons. The second kappa shape index (κ2) is 5.10. The molecular formula is C14H24O2S. The second-order valence-electron chi connectivity index (χ2n) is 5.88. The maximum absolute atomic E-state index is 5.56. The largest absolute Gasteiger partial charge is 0.381 e. The lowest BCUT2D eigenvalue weighted by Gasteiger charge is -2.35. The Hall–Kier alpha value is 0.270. The van der Waals surface area contributed by atoms with E-state index in [0.717, 1.165) is 22.3 Å². The molecule has 6 unspecified atom stereocenters. The van der Waals surface area contributed by atoms with Gasteiger partial charge in [0.1, 0.15) is 0 Å². The van der Waals surface area contributed by atoms with Crippen molar-refractivity contribution in [3.05, 3.63) is 0 Å². The van der Waals surface area contributed by atoms with Crippen molar-refractivity contribution in [2.45, 2.75) is 61.2 Å². The van der Waals surface area contributed by atoms with Gasteiger partial charge in [-0.05, 0) is 50.4 Å². The SMILES string of the molecule is COC1CCC2C(C1)SC1CC(OC)CCC12. The summed E-state index contributed by atoms with van der Waals surface area (Å²) < 4.78 is 11.1. The minimum Gasteiger partial charge on any atom is -0.381 e. The van der Waals surface area contributed by atoms with E-state index in [1.54, 1.807) is 0 Å². The number of ether oxygens (including phenoxy) is 2. The standard InChI is InChI=1S/C14H24O2S/c1-15-9-3-5-11-12-6-4-10(16-2)8-14(12)17-13(11)7-9/h9-14H,3-8H2,1-2H3. The van der Waals surface area contributed by atoms with E-state index in [0.29, 0.717) is 12.2 Å². The Labute approximate surface area is 109 Å². The van der Waals surface area contributed by atoms with E-state index in [1.165, 1.54) is 38.5 Å². The Morgan fingerprint density at radius 1 is 0.765 bits per heavy atom. The van der Waals surface area contributed by atoms with Crippen LogP contribution >= 0.6 is 11.8 Å². The van der Waals surface area contributed by atoms with Gasteiger partial charge in [0.2, 0.25) is 0 Å². The normalized spacial score (nSPS) is 49.8. The molecule has 2 saturated carbocycles. The Morgan fingerprint density at radius 3 is 1.65 bits per heavy atom. The van der Waals surface area contributed by atoms with Gasteiger partial charge >= 0.3 is 0 Å². The van der Waals surface area contributed by atoms with E-state index in [1.807, 2.05) is 14.2 Å². The number of thioether (sulfide) groups is 1. The van der Waals surface area contributed by atoms with Gasteiger partial charge in [-0.1, -0.05) is 0 Å². The molecular weight excluding hydrogens is 232 g/mol. The minimum atomic E-state index is 0.530. The molecule has 3 aliphatic rings. The first-order valence-corrected chi connectivity index (χ1v) is 7.97. The third kappa shape index (κ3) is 2.26. The summed E-state index contributed by atoms with van der Waals surface area (Å²) in [6.07, 6.45) is 9.01. The molecule has 0 amide bonds. The fraction of sp³-hybridized carbons (Fsp3) is 1.00. The predicted molar refractivity (Wildman–Crippen MR) is 71.4 cm³/mol. The quantitative estimate of drug-likeness (QED) is 0.756. The van der Waals surface area contributed by atoms with Crippen LogP contribution < -0.4 is 0 Å². The van der Waals surface area contributed by atoms with Crippen LogP contribution in [0.25, 0.3) is 0 Å². The molecule has 0 N–H and O–H groups in total. The first-order valence-electron chi connectivity index (χ1n) is 7.03. The van der Waals surface area contributed by atoms with Crippen LogP contribution in [-0.4, -0.2) is 36.9 Å². The highest BCUT2D eigenvalue weighted by atomic mass is 32.2. The van der Waals surface area contributed by atoms with Crippen molar-refractivity contribution in [2.24, 2.45) is 11.8 Å². The van der Waals surface area contributed by atoms with Crippen molar-refractivity contribution < 1.29 is 9.47 Å². The molecule has 0 bridgehead atoms. The first-order chi connectivity index (χ1) is 8.31. The van der Waals surface area contributed by atoms with E-state index >= 15 is 0 Å². The molecule has 2 aliphatic carbocycles. The predicted octanol–water partition coefficient (Wildman–Crippen LogP) is 3.10. The average molecular weight is 256 g/mol. The Bertz CT molecular complexity index is 245. The van der Waals surface area contributed by atoms with Gasteiger partial charge in [-0.2, -0.15) is 11.8 Å². The summed E-state index contributed by atoms with van der Waals surface area (Å²) in [5.41, 5.74) is 0. The van der Waals surface area contributed by atoms with Gasteiger partial charge in [-0.3, -0.25) is 0 Å². The molecule has 6 atom stereocenters. The molecule has 3 rings (SSSR count). The number of methoxy groups -OCH3 is 2. The molecule has 0 spiro atoms. The van der Waals surface area contributed by atoms with Gasteiger partial charge < -0.3 is 9.47 Å². The molecule has 2 nitrogen and oxygen atoms in total. The van der Waals surface area contributed by atoms with Crippen LogP contribution in [0, 0.1) is 11.8 Å². The van der Waals surface area contributed by atoms with Gasteiger partial charge in [0, 0.05) is 24.7 Å². The van der Waals surface area contributed by atoms with E-state index in [4.69, 9.17) is 9.47 Å². The molecule has 1 aliphatic heterocycles. The van der Waals surface area contributed by atoms with E-state index in [-0.39, 0.29) is 0 Å². The van der Waals surface area contributed by atoms with Gasteiger partial charge in [0.25, 0.3) is 0 Å². The fourth-order valence-electron chi connectivity index (χ4n) is 4.18. The van der Waals surface area contributed by atoms with Crippen molar-refractivity contribution in [1.82, 2.24) is 0 Å². The van der Waals surface area contributed by atoms with Crippen LogP contribution in [0.4, 0.5) is 0 Å². The Balaban J connectivity index is 1.65. The molecule has 0 aromatic carbocycles. The third-order valence-electron chi connectivity index (χ3n) is 5.16. The van der Waals surface area contributed by atoms with Crippen molar-refractivity contribution in [1.29, 1.82) is 0 Å². The Morgan fingerprint density at radius 2 is 1.24 bits per heavy atom. The van der Waals surface area contributed by atoms with Gasteiger partial charge in [0.15, 0.2) is 0 Å². The van der Waals surface area contributed by atoms with E-state index in [2.05, 4.69) is 11.8 Å². The van der Waals surface area contributed by atoms with Crippen LogP contribution in [0.15, 0.2) is 0 Å². The van der Waals surface area contributed by atoms with Crippen LogP contribution in [-0.2, 0) is 9.47 Å². The zero-order valence-electron chi connectivity index (χ0n) is 10.9. The molecule has 0 aromatic rings. The van der Waals surface area contributed by atoms with E-state index < -0.39 is 0 Å². The summed E-state index contributed by atoms with van der Waals surface area (Å²) in [7, 11) is 3.75. The zero-order chi connectivity index (χ0) is 11.8. The number of fused-ring (bicyclic) bond motifs is 3. The van der Waals surface area contributed by atoms with Crippen LogP contribution in [0.5, 0.6) is 0 Å². The maximum atomic E-state index is 5.56. The van der Waals surface area contributed by atoms with Gasteiger partial charge in [-0.25, -0.2) is 0 Å². The molecule has 3 heteroatoms. The lowest BCUT2D eigenvalue weighted by Crippen LogP contribution is -2.34. The molecule has 1 heterocycles. The molecule has 0 radical (unpaired) electrons. The number of hydrogen-bond donors (Lipinski definition) is 0. The highest BCUT2D eigenvalue weighted by molar-refractivity contribution is 8.00. The van der Waals surface area contributed by atoms with Crippen molar-refractivity contribution in [2.75, 3.05) is 14.2 Å². The molecule has 0 aromatic heterocycles. The lowest BCUT2D eigenvalue weighted by atomic mass is 9.72. The lowest BCUT2D eigenvalue weighted by molar-refractivity contribution is 0.0315. The summed E-state index contributed by atoms with van der Waals surface area (Å²) in [5.74, 6) is 1.96. The van der Waals surface area contributed by atoms with Gasteiger partial charge in [-0.15, -0.1) is 0 Å². The number of rotatable bonds is 2. The molecule has 1 saturated heterocycles. The summed E-state index contributed by atoms with van der Waals surface area (Å²) in [4.78, 5) is 0.